The van der Waals surface area contributed by atoms with E-state index in [2.05, 4.69) is 25.0 Å². The first-order valence-electron chi connectivity index (χ1n) is 4.87. The molecule has 0 N–H and O–H groups in total. The lowest BCUT2D eigenvalue weighted by Gasteiger charge is -2.26. The largest absolute Gasteiger partial charge is 0.378 e. The van der Waals surface area contributed by atoms with Crippen LogP contribution < -0.4 is 4.90 Å². The van der Waals surface area contributed by atoms with E-state index >= 15 is 0 Å². The van der Waals surface area contributed by atoms with Crippen molar-refractivity contribution in [3.8, 4) is 11.5 Å². The van der Waals surface area contributed by atoms with Crippen LogP contribution in [0.5, 0.6) is 0 Å². The molecule has 0 amide bonds. The summed E-state index contributed by atoms with van der Waals surface area (Å²) in [6, 6.07) is 0. The van der Waals surface area contributed by atoms with Crippen LogP contribution in [-0.2, 0) is 4.74 Å². The Bertz CT molecular complexity index is 448. The smallest absolute Gasteiger partial charge is 0.228 e. The van der Waals surface area contributed by atoms with E-state index in [0.29, 0.717) is 30.5 Å². The van der Waals surface area contributed by atoms with Crippen molar-refractivity contribution in [2.75, 3.05) is 31.2 Å². The fourth-order valence-corrected chi connectivity index (χ4v) is 1.58. The predicted molar refractivity (Wildman–Crippen MR) is 50.6 cm³/mol. The second-order valence-corrected chi connectivity index (χ2v) is 3.29. The van der Waals surface area contributed by atoms with Gasteiger partial charge in [0.15, 0.2) is 5.69 Å². The van der Waals surface area contributed by atoms with Gasteiger partial charge in [-0.25, -0.2) is 4.63 Å². The molecule has 84 valence electrons. The molecule has 8 heteroatoms. The van der Waals surface area contributed by atoms with Gasteiger partial charge in [0.1, 0.15) is 0 Å². The highest BCUT2D eigenvalue weighted by atomic mass is 16.6. The van der Waals surface area contributed by atoms with Gasteiger partial charge in [-0.2, -0.15) is 4.98 Å². The van der Waals surface area contributed by atoms with Crippen molar-refractivity contribution in [1.82, 2.24) is 20.5 Å². The first kappa shape index (κ1) is 9.28. The molecule has 1 aliphatic rings. The summed E-state index contributed by atoms with van der Waals surface area (Å²) in [4.78, 5) is 5.94. The van der Waals surface area contributed by atoms with E-state index in [4.69, 9.17) is 9.37 Å². The van der Waals surface area contributed by atoms with Crippen molar-refractivity contribution in [3.63, 3.8) is 0 Å². The molecule has 3 heterocycles. The number of nitrogens with zero attached hydrogens (tertiary/aromatic N) is 5. The van der Waals surface area contributed by atoms with Gasteiger partial charge in [0, 0.05) is 13.1 Å². The molecule has 0 radical (unpaired) electrons. The Balaban J connectivity index is 1.92. The predicted octanol–water partition coefficient (Wildman–Crippen LogP) is -0.0438. The molecule has 2 aromatic heterocycles. The molecule has 0 spiro atoms. The van der Waals surface area contributed by atoms with Gasteiger partial charge < -0.3 is 14.2 Å². The average Bonchev–Trinajstić information content (AvgIpc) is 3.01. The van der Waals surface area contributed by atoms with Crippen LogP contribution in [0.4, 0.5) is 5.82 Å². The molecule has 0 saturated carbocycles. The molecule has 2 aromatic rings. The van der Waals surface area contributed by atoms with Gasteiger partial charge >= 0.3 is 0 Å². The maximum absolute atomic E-state index is 5.26. The lowest BCUT2D eigenvalue weighted by Crippen LogP contribution is -2.36. The van der Waals surface area contributed by atoms with E-state index in [9.17, 15) is 0 Å². The summed E-state index contributed by atoms with van der Waals surface area (Å²) in [5, 5.41) is 11.3. The summed E-state index contributed by atoms with van der Waals surface area (Å²) >= 11 is 0. The van der Waals surface area contributed by atoms with Crippen molar-refractivity contribution >= 4 is 5.82 Å². The summed E-state index contributed by atoms with van der Waals surface area (Å²) < 4.78 is 14.6. The summed E-state index contributed by atoms with van der Waals surface area (Å²) in [6.45, 7) is 2.83. The summed E-state index contributed by atoms with van der Waals surface area (Å²) in [5.74, 6) is 1.01. The van der Waals surface area contributed by atoms with Gasteiger partial charge in [0.25, 0.3) is 0 Å². The number of morpholine rings is 1. The van der Waals surface area contributed by atoms with Crippen LogP contribution in [0.15, 0.2) is 15.5 Å². The molecule has 8 nitrogen and oxygen atoms in total. The summed E-state index contributed by atoms with van der Waals surface area (Å²) in [6.07, 6.45) is 1.24. The van der Waals surface area contributed by atoms with E-state index in [1.165, 1.54) is 6.39 Å². The van der Waals surface area contributed by atoms with E-state index < -0.39 is 0 Å². The minimum atomic E-state index is 0.378. The third-order valence-electron chi connectivity index (χ3n) is 2.35. The molecule has 1 saturated heterocycles. The molecule has 3 rings (SSSR count). The van der Waals surface area contributed by atoms with Gasteiger partial charge in [0.2, 0.25) is 18.0 Å². The molecule has 0 aliphatic carbocycles. The van der Waals surface area contributed by atoms with Gasteiger partial charge in [0.05, 0.1) is 13.2 Å². The van der Waals surface area contributed by atoms with Crippen molar-refractivity contribution in [2.24, 2.45) is 0 Å². The fourth-order valence-electron chi connectivity index (χ4n) is 1.58. The van der Waals surface area contributed by atoms with Gasteiger partial charge in [-0.3, -0.25) is 0 Å². The topological polar surface area (TPSA) is 90.3 Å². The summed E-state index contributed by atoms with van der Waals surface area (Å²) in [7, 11) is 0. The van der Waals surface area contributed by atoms with Crippen LogP contribution in [-0.4, -0.2) is 46.8 Å². The Kier molecular flexibility index (Phi) is 2.26. The van der Waals surface area contributed by atoms with E-state index in [1.807, 2.05) is 4.90 Å². The molecular formula is C8H9N5O3. The van der Waals surface area contributed by atoms with Crippen LogP contribution in [0.25, 0.3) is 11.5 Å². The Morgan fingerprint density at radius 1 is 1.12 bits per heavy atom. The number of hydrogen-bond acceptors (Lipinski definition) is 8. The molecule has 0 bridgehead atoms. The number of anilines is 1. The molecule has 16 heavy (non-hydrogen) atoms. The molecule has 1 aliphatic heterocycles. The zero-order chi connectivity index (χ0) is 10.8. The van der Waals surface area contributed by atoms with E-state index in [-0.39, 0.29) is 0 Å². The van der Waals surface area contributed by atoms with Crippen LogP contribution in [0.1, 0.15) is 0 Å². The van der Waals surface area contributed by atoms with Gasteiger partial charge in [-0.15, -0.1) is 0 Å². The van der Waals surface area contributed by atoms with Crippen LogP contribution in [0.3, 0.4) is 0 Å². The van der Waals surface area contributed by atoms with E-state index in [1.54, 1.807) is 0 Å². The molecule has 0 unspecified atom stereocenters. The average molecular weight is 223 g/mol. The monoisotopic (exact) mass is 223 g/mol. The zero-order valence-electron chi connectivity index (χ0n) is 8.37. The Hall–Kier alpha value is -1.96. The minimum absolute atomic E-state index is 0.378. The molecule has 0 atom stereocenters. The lowest BCUT2D eigenvalue weighted by molar-refractivity contribution is 0.122. The van der Waals surface area contributed by atoms with Crippen LogP contribution >= 0.6 is 0 Å². The maximum Gasteiger partial charge on any atom is 0.228 e. The van der Waals surface area contributed by atoms with Crippen LogP contribution in [0.2, 0.25) is 0 Å². The second kappa shape index (κ2) is 3.89. The highest BCUT2D eigenvalue weighted by Gasteiger charge is 2.23. The standard InChI is InChI=1S/C8H9N5O3/c1-3-14-4-2-13(1)8-6(10-16-12-8)7-9-5-15-11-7/h5H,1-4H2. The number of aromatic nitrogens is 4. The maximum atomic E-state index is 5.26. The minimum Gasteiger partial charge on any atom is -0.378 e. The summed E-state index contributed by atoms with van der Waals surface area (Å²) in [5.41, 5.74) is 0.496. The third-order valence-corrected chi connectivity index (χ3v) is 2.35. The van der Waals surface area contributed by atoms with Crippen molar-refractivity contribution in [2.45, 2.75) is 0 Å². The number of ether oxygens (including phenoxy) is 1. The molecular weight excluding hydrogens is 214 g/mol. The highest BCUT2D eigenvalue weighted by Crippen LogP contribution is 2.24. The van der Waals surface area contributed by atoms with E-state index in [0.717, 1.165) is 13.1 Å². The zero-order valence-corrected chi connectivity index (χ0v) is 8.37. The van der Waals surface area contributed by atoms with Crippen molar-refractivity contribution in [3.05, 3.63) is 6.39 Å². The Morgan fingerprint density at radius 2 is 2.00 bits per heavy atom. The quantitative estimate of drug-likeness (QED) is 0.700. The van der Waals surface area contributed by atoms with Crippen molar-refractivity contribution < 1.29 is 13.9 Å². The SMILES string of the molecule is c1nc(-c2nonc2N2CCOCC2)no1. The number of rotatable bonds is 2. The second-order valence-electron chi connectivity index (χ2n) is 3.29. The first-order valence-corrected chi connectivity index (χ1v) is 4.87. The molecule has 0 aromatic carbocycles. The highest BCUT2D eigenvalue weighted by molar-refractivity contribution is 5.65. The normalized spacial score (nSPS) is 16.6. The molecule has 1 fully saturated rings. The Morgan fingerprint density at radius 3 is 2.75 bits per heavy atom. The lowest BCUT2D eigenvalue weighted by atomic mass is 10.3. The van der Waals surface area contributed by atoms with Crippen molar-refractivity contribution in [1.29, 1.82) is 0 Å². The fraction of sp³-hybridized carbons (Fsp3) is 0.500. The first-order chi connectivity index (χ1) is 7.95. The number of hydrogen-bond donors (Lipinski definition) is 0. The van der Waals surface area contributed by atoms with Gasteiger partial charge in [-0.05, 0) is 10.3 Å². The van der Waals surface area contributed by atoms with Gasteiger partial charge in [-0.1, -0.05) is 5.16 Å². The Labute approximate surface area is 90.1 Å². The van der Waals surface area contributed by atoms with Crippen LogP contribution in [0, 0.1) is 0 Å². The third kappa shape index (κ3) is 1.52.